The number of pyridine rings is 1. The fourth-order valence-corrected chi connectivity index (χ4v) is 4.50. The third kappa shape index (κ3) is 3.94. The molecule has 0 atom stereocenters. The summed E-state index contributed by atoms with van der Waals surface area (Å²) in [4.78, 5) is 31.3. The number of rotatable bonds is 6. The topological polar surface area (TPSA) is 72.6 Å². The lowest BCUT2D eigenvalue weighted by atomic mass is 9.90. The Kier molecular flexibility index (Phi) is 5.22. The van der Waals surface area contributed by atoms with E-state index >= 15 is 0 Å². The number of hydrogen-bond acceptors (Lipinski definition) is 5. The Morgan fingerprint density at radius 1 is 1.13 bits per heavy atom. The maximum absolute atomic E-state index is 12.9. The number of amides is 1. The van der Waals surface area contributed by atoms with E-state index in [1.165, 1.54) is 0 Å². The molecule has 6 heteroatoms. The normalized spacial score (nSPS) is 15.5. The van der Waals surface area contributed by atoms with Crippen LogP contribution in [0.2, 0.25) is 0 Å². The summed E-state index contributed by atoms with van der Waals surface area (Å²) < 4.78 is 11.6. The lowest BCUT2D eigenvalue weighted by molar-refractivity contribution is -0.134. The Hall–Kier alpha value is -3.15. The van der Waals surface area contributed by atoms with Crippen molar-refractivity contribution in [1.29, 1.82) is 0 Å². The summed E-state index contributed by atoms with van der Waals surface area (Å²) in [6.07, 6.45) is 9.35. The van der Waals surface area contributed by atoms with E-state index in [1.54, 1.807) is 12.4 Å². The molecule has 6 nitrogen and oxygen atoms in total. The van der Waals surface area contributed by atoms with Crippen LogP contribution >= 0.6 is 0 Å². The van der Waals surface area contributed by atoms with Crippen LogP contribution in [0.3, 0.4) is 0 Å². The second kappa shape index (κ2) is 8.17. The van der Waals surface area contributed by atoms with E-state index in [2.05, 4.69) is 4.98 Å². The molecule has 0 spiro atoms. The van der Waals surface area contributed by atoms with Gasteiger partial charge in [-0.15, -0.1) is 0 Å². The standard InChI is InChI=1S/C25H26N2O4/c1-16-22(9-8-20-19-4-2-3-5-21(19)25(29)31-24(16)20)30-15-23(28)27(18-6-7-18)14-17-10-12-26-13-11-17/h8-13,18H,2-7,14-15H2,1H3. The quantitative estimate of drug-likeness (QED) is 0.567. The van der Waals surface area contributed by atoms with Crippen LogP contribution in [0.4, 0.5) is 0 Å². The van der Waals surface area contributed by atoms with Gasteiger partial charge in [-0.1, -0.05) is 0 Å². The van der Waals surface area contributed by atoms with Gasteiger partial charge < -0.3 is 14.1 Å². The molecule has 0 aliphatic heterocycles. The van der Waals surface area contributed by atoms with Crippen molar-refractivity contribution >= 4 is 16.9 Å². The third-order valence-electron chi connectivity index (χ3n) is 6.35. The monoisotopic (exact) mass is 418 g/mol. The zero-order valence-electron chi connectivity index (χ0n) is 17.7. The average Bonchev–Trinajstić information content (AvgIpc) is 3.63. The highest BCUT2D eigenvalue weighted by molar-refractivity contribution is 5.86. The molecule has 1 fully saturated rings. The van der Waals surface area contributed by atoms with Crippen LogP contribution in [-0.2, 0) is 24.2 Å². The molecule has 1 saturated carbocycles. The van der Waals surface area contributed by atoms with Gasteiger partial charge in [-0.3, -0.25) is 9.78 Å². The lowest BCUT2D eigenvalue weighted by Gasteiger charge is -2.23. The van der Waals surface area contributed by atoms with Crippen molar-refractivity contribution in [1.82, 2.24) is 9.88 Å². The van der Waals surface area contributed by atoms with Crippen molar-refractivity contribution < 1.29 is 13.9 Å². The van der Waals surface area contributed by atoms with Crippen LogP contribution in [0.5, 0.6) is 5.75 Å². The molecule has 2 aliphatic carbocycles. The van der Waals surface area contributed by atoms with E-state index in [1.807, 2.05) is 36.1 Å². The van der Waals surface area contributed by atoms with Crippen molar-refractivity contribution in [2.24, 2.45) is 0 Å². The molecule has 160 valence electrons. The molecule has 0 bridgehead atoms. The van der Waals surface area contributed by atoms with Gasteiger partial charge in [-0.25, -0.2) is 4.79 Å². The van der Waals surface area contributed by atoms with E-state index in [-0.39, 0.29) is 24.2 Å². The number of carbonyl (C=O) groups is 1. The molecule has 2 heterocycles. The Labute approximate surface area is 180 Å². The number of fused-ring (bicyclic) bond motifs is 3. The molecule has 0 unspecified atom stereocenters. The van der Waals surface area contributed by atoms with Gasteiger partial charge in [0.1, 0.15) is 11.3 Å². The average molecular weight is 418 g/mol. The first kappa shape index (κ1) is 19.8. The van der Waals surface area contributed by atoms with Crippen LogP contribution in [-0.4, -0.2) is 28.4 Å². The molecule has 2 aromatic heterocycles. The van der Waals surface area contributed by atoms with Crippen molar-refractivity contribution in [3.05, 3.63) is 69.3 Å². The van der Waals surface area contributed by atoms with Crippen LogP contribution in [0.15, 0.2) is 45.9 Å². The maximum atomic E-state index is 12.9. The van der Waals surface area contributed by atoms with Crippen molar-refractivity contribution in [3.63, 3.8) is 0 Å². The first-order chi connectivity index (χ1) is 15.1. The minimum Gasteiger partial charge on any atom is -0.483 e. The minimum absolute atomic E-state index is 0.0364. The van der Waals surface area contributed by atoms with Crippen LogP contribution in [0.25, 0.3) is 11.0 Å². The Bertz CT molecular complexity index is 1180. The Morgan fingerprint density at radius 2 is 1.87 bits per heavy atom. The molecule has 0 radical (unpaired) electrons. The van der Waals surface area contributed by atoms with Gasteiger partial charge in [0, 0.05) is 41.5 Å². The fourth-order valence-electron chi connectivity index (χ4n) is 4.50. The largest absolute Gasteiger partial charge is 0.483 e. The molecular weight excluding hydrogens is 392 g/mol. The van der Waals surface area contributed by atoms with Gasteiger partial charge in [-0.2, -0.15) is 0 Å². The predicted octanol–water partition coefficient (Wildman–Crippen LogP) is 3.95. The molecule has 5 rings (SSSR count). The Balaban J connectivity index is 1.36. The van der Waals surface area contributed by atoms with Gasteiger partial charge in [0.05, 0.1) is 0 Å². The number of benzene rings is 1. The summed E-state index contributed by atoms with van der Waals surface area (Å²) in [5.41, 5.74) is 4.09. The van der Waals surface area contributed by atoms with E-state index in [0.717, 1.165) is 66.2 Å². The number of aryl methyl sites for hydroxylation is 2. The molecule has 31 heavy (non-hydrogen) atoms. The summed E-state index contributed by atoms with van der Waals surface area (Å²) in [6.45, 7) is 2.41. The smallest absolute Gasteiger partial charge is 0.339 e. The first-order valence-electron chi connectivity index (χ1n) is 11.0. The summed E-state index contributed by atoms with van der Waals surface area (Å²) in [5, 5.41) is 0.989. The van der Waals surface area contributed by atoms with Gasteiger partial charge in [0.15, 0.2) is 6.61 Å². The minimum atomic E-state index is -0.240. The van der Waals surface area contributed by atoms with Crippen LogP contribution in [0.1, 0.15) is 47.9 Å². The number of ether oxygens (including phenoxy) is 1. The van der Waals surface area contributed by atoms with Crippen LogP contribution < -0.4 is 10.4 Å². The lowest BCUT2D eigenvalue weighted by Crippen LogP contribution is -2.36. The SMILES string of the molecule is Cc1c(OCC(=O)N(Cc2ccncc2)C2CC2)ccc2c3c(c(=O)oc12)CCCC3. The number of nitrogens with zero attached hydrogens (tertiary/aromatic N) is 2. The van der Waals surface area contributed by atoms with Gasteiger partial charge in [-0.05, 0) is 80.8 Å². The number of aromatic nitrogens is 1. The van der Waals surface area contributed by atoms with Crippen molar-refractivity contribution in [2.75, 3.05) is 6.61 Å². The molecule has 0 saturated heterocycles. The van der Waals surface area contributed by atoms with E-state index in [4.69, 9.17) is 9.15 Å². The summed E-state index contributed by atoms with van der Waals surface area (Å²) in [7, 11) is 0. The molecule has 1 aromatic carbocycles. The van der Waals surface area contributed by atoms with Crippen molar-refractivity contribution in [2.45, 2.75) is 58.0 Å². The fraction of sp³-hybridized carbons (Fsp3) is 0.400. The second-order valence-corrected chi connectivity index (χ2v) is 8.52. The highest BCUT2D eigenvalue weighted by Crippen LogP contribution is 2.33. The second-order valence-electron chi connectivity index (χ2n) is 8.52. The third-order valence-corrected chi connectivity index (χ3v) is 6.35. The van der Waals surface area contributed by atoms with Gasteiger partial charge >= 0.3 is 5.63 Å². The van der Waals surface area contributed by atoms with Crippen LogP contribution in [0, 0.1) is 6.92 Å². The van der Waals surface area contributed by atoms with E-state index in [0.29, 0.717) is 17.9 Å². The molecule has 3 aromatic rings. The molecule has 0 N–H and O–H groups in total. The first-order valence-corrected chi connectivity index (χ1v) is 11.0. The van der Waals surface area contributed by atoms with Gasteiger partial charge in [0.25, 0.3) is 5.91 Å². The van der Waals surface area contributed by atoms with Crippen molar-refractivity contribution in [3.8, 4) is 5.75 Å². The van der Waals surface area contributed by atoms with E-state index in [9.17, 15) is 9.59 Å². The highest BCUT2D eigenvalue weighted by atomic mass is 16.5. The molecular formula is C25H26N2O4. The highest BCUT2D eigenvalue weighted by Gasteiger charge is 2.32. The zero-order valence-corrected chi connectivity index (χ0v) is 17.7. The maximum Gasteiger partial charge on any atom is 0.339 e. The predicted molar refractivity (Wildman–Crippen MR) is 117 cm³/mol. The van der Waals surface area contributed by atoms with Gasteiger partial charge in [0.2, 0.25) is 0 Å². The molecule has 2 aliphatic rings. The zero-order chi connectivity index (χ0) is 21.4. The Morgan fingerprint density at radius 3 is 2.61 bits per heavy atom. The summed E-state index contributed by atoms with van der Waals surface area (Å²) in [6, 6.07) is 8.00. The number of carbonyl (C=O) groups excluding carboxylic acids is 1. The molecule has 1 amide bonds. The number of hydrogen-bond donors (Lipinski definition) is 0. The summed E-state index contributed by atoms with van der Waals surface area (Å²) in [5.74, 6) is 0.546. The summed E-state index contributed by atoms with van der Waals surface area (Å²) >= 11 is 0. The van der Waals surface area contributed by atoms with E-state index < -0.39 is 0 Å².